The lowest BCUT2D eigenvalue weighted by atomic mass is 10.1. The Labute approximate surface area is 90.4 Å². The van der Waals surface area contributed by atoms with Crippen LogP contribution in [0.1, 0.15) is 11.1 Å². The summed E-state index contributed by atoms with van der Waals surface area (Å²) < 4.78 is 60.2. The number of nitrogens with two attached hydrogens (primary N) is 1. The van der Waals surface area contributed by atoms with E-state index in [0.717, 1.165) is 12.1 Å². The molecule has 3 N–H and O–H groups in total. The van der Waals surface area contributed by atoms with E-state index in [1.807, 2.05) is 4.72 Å². The predicted molar refractivity (Wildman–Crippen MR) is 52.9 cm³/mol. The van der Waals surface area contributed by atoms with E-state index in [0.29, 0.717) is 11.6 Å². The molecule has 0 radical (unpaired) electrons. The third kappa shape index (κ3) is 3.38. The highest BCUT2D eigenvalue weighted by molar-refractivity contribution is 7.90. The van der Waals surface area contributed by atoms with Gasteiger partial charge in [0.15, 0.2) is 0 Å². The van der Waals surface area contributed by atoms with E-state index in [4.69, 9.17) is 0 Å². The van der Waals surface area contributed by atoms with Gasteiger partial charge < -0.3 is 0 Å². The van der Waals surface area contributed by atoms with Gasteiger partial charge in [0.1, 0.15) is 0 Å². The summed E-state index contributed by atoms with van der Waals surface area (Å²) in [5.41, 5.74) is -0.774. The standard InChI is InChI=1S/C8H9F3N2O2S/c1-5-2-3-6(8(9,10)11)4-7(5)13-16(12,14)15/h2-4,13H,1H3,(H2,12,14,15). The second-order valence-corrected chi connectivity index (χ2v) is 4.47. The molecule has 4 nitrogen and oxygen atoms in total. The monoisotopic (exact) mass is 254 g/mol. The lowest BCUT2D eigenvalue weighted by molar-refractivity contribution is -0.137. The van der Waals surface area contributed by atoms with Crippen molar-refractivity contribution in [3.05, 3.63) is 29.3 Å². The summed E-state index contributed by atoms with van der Waals surface area (Å²) in [7, 11) is -4.08. The highest BCUT2D eigenvalue weighted by Crippen LogP contribution is 2.32. The molecule has 0 unspecified atom stereocenters. The third-order valence-electron chi connectivity index (χ3n) is 1.82. The van der Waals surface area contributed by atoms with E-state index in [1.165, 1.54) is 6.92 Å². The van der Waals surface area contributed by atoms with Crippen molar-refractivity contribution < 1.29 is 21.6 Å². The Bertz CT molecular complexity index is 496. The van der Waals surface area contributed by atoms with Crippen LogP contribution in [-0.4, -0.2) is 8.42 Å². The summed E-state index contributed by atoms with van der Waals surface area (Å²) in [4.78, 5) is 0. The lowest BCUT2D eigenvalue weighted by Crippen LogP contribution is -2.22. The molecule has 0 spiro atoms. The van der Waals surface area contributed by atoms with E-state index in [1.54, 1.807) is 0 Å². The molecule has 0 aliphatic carbocycles. The minimum Gasteiger partial charge on any atom is -0.271 e. The van der Waals surface area contributed by atoms with Gasteiger partial charge in [-0.2, -0.15) is 21.6 Å². The second kappa shape index (κ2) is 3.95. The summed E-state index contributed by atoms with van der Waals surface area (Å²) in [5, 5.41) is 4.68. The van der Waals surface area contributed by atoms with Crippen LogP contribution < -0.4 is 9.86 Å². The number of halogens is 3. The molecule has 1 rings (SSSR count). The molecule has 0 amide bonds. The number of alkyl halides is 3. The first kappa shape index (κ1) is 12.8. The summed E-state index contributed by atoms with van der Waals surface area (Å²) in [5.74, 6) is 0. The highest BCUT2D eigenvalue weighted by Gasteiger charge is 2.31. The predicted octanol–water partition coefficient (Wildman–Crippen LogP) is 1.63. The molecule has 0 saturated heterocycles. The Kier molecular flexibility index (Phi) is 3.15. The number of hydrogen-bond acceptors (Lipinski definition) is 2. The minimum absolute atomic E-state index is 0.183. The second-order valence-electron chi connectivity index (χ2n) is 3.17. The van der Waals surface area contributed by atoms with Gasteiger partial charge in [-0.25, -0.2) is 5.14 Å². The molecule has 8 heteroatoms. The van der Waals surface area contributed by atoms with Crippen molar-refractivity contribution in [2.45, 2.75) is 13.1 Å². The zero-order valence-electron chi connectivity index (χ0n) is 8.17. The number of anilines is 1. The Morgan fingerprint density at radius 3 is 2.31 bits per heavy atom. The first-order valence-corrected chi connectivity index (χ1v) is 5.62. The van der Waals surface area contributed by atoms with Crippen molar-refractivity contribution in [2.24, 2.45) is 5.14 Å². The summed E-state index contributed by atoms with van der Waals surface area (Å²) in [6.07, 6.45) is -4.53. The number of nitrogens with one attached hydrogen (secondary N) is 1. The maximum absolute atomic E-state index is 12.3. The van der Waals surface area contributed by atoms with Crippen LogP contribution >= 0.6 is 0 Å². The maximum atomic E-state index is 12.3. The topological polar surface area (TPSA) is 72.2 Å². The van der Waals surface area contributed by atoms with E-state index < -0.39 is 21.9 Å². The van der Waals surface area contributed by atoms with Gasteiger partial charge >= 0.3 is 6.18 Å². The van der Waals surface area contributed by atoms with Gasteiger partial charge in [-0.15, -0.1) is 0 Å². The van der Waals surface area contributed by atoms with Crippen LogP contribution in [0.5, 0.6) is 0 Å². The summed E-state index contributed by atoms with van der Waals surface area (Å²) in [6, 6.07) is 2.72. The first-order valence-electron chi connectivity index (χ1n) is 4.08. The first-order chi connectivity index (χ1) is 7.09. The zero-order valence-corrected chi connectivity index (χ0v) is 8.98. The van der Waals surface area contributed by atoms with Crippen LogP contribution in [0.25, 0.3) is 0 Å². The average molecular weight is 254 g/mol. The molecule has 90 valence electrons. The van der Waals surface area contributed by atoms with E-state index in [2.05, 4.69) is 5.14 Å². The molecule has 0 saturated carbocycles. The molecule has 0 aromatic heterocycles. The number of aryl methyl sites for hydroxylation is 1. The Morgan fingerprint density at radius 1 is 1.31 bits per heavy atom. The molecule has 0 heterocycles. The molecule has 1 aromatic rings. The van der Waals surface area contributed by atoms with Gasteiger partial charge in [-0.3, -0.25) is 4.72 Å². The highest BCUT2D eigenvalue weighted by atomic mass is 32.2. The van der Waals surface area contributed by atoms with E-state index in [9.17, 15) is 21.6 Å². The van der Waals surface area contributed by atoms with Crippen LogP contribution in [-0.2, 0) is 16.4 Å². The Hall–Kier alpha value is -1.28. The molecule has 0 bridgehead atoms. The summed E-state index contributed by atoms with van der Waals surface area (Å²) >= 11 is 0. The van der Waals surface area contributed by atoms with Crippen molar-refractivity contribution >= 4 is 15.9 Å². The lowest BCUT2D eigenvalue weighted by Gasteiger charge is -2.11. The van der Waals surface area contributed by atoms with E-state index >= 15 is 0 Å². The minimum atomic E-state index is -4.53. The fraction of sp³-hybridized carbons (Fsp3) is 0.250. The van der Waals surface area contributed by atoms with Crippen molar-refractivity contribution in [3.63, 3.8) is 0 Å². The smallest absolute Gasteiger partial charge is 0.271 e. The normalized spacial score (nSPS) is 12.6. The van der Waals surface area contributed by atoms with Crippen molar-refractivity contribution in [1.29, 1.82) is 0 Å². The zero-order chi connectivity index (χ0) is 12.6. The SMILES string of the molecule is Cc1ccc(C(F)(F)F)cc1NS(N)(=O)=O. The van der Waals surface area contributed by atoms with Gasteiger partial charge in [0.25, 0.3) is 10.2 Å². The third-order valence-corrected chi connectivity index (χ3v) is 2.32. The fourth-order valence-electron chi connectivity index (χ4n) is 1.06. The van der Waals surface area contributed by atoms with E-state index in [-0.39, 0.29) is 5.69 Å². The molecule has 16 heavy (non-hydrogen) atoms. The van der Waals surface area contributed by atoms with Crippen molar-refractivity contribution in [1.82, 2.24) is 0 Å². The van der Waals surface area contributed by atoms with Crippen LogP contribution in [0, 0.1) is 6.92 Å². The van der Waals surface area contributed by atoms with Gasteiger partial charge in [0.05, 0.1) is 11.3 Å². The van der Waals surface area contributed by atoms with Gasteiger partial charge in [0.2, 0.25) is 0 Å². The molecule has 0 atom stereocenters. The van der Waals surface area contributed by atoms with Crippen molar-refractivity contribution in [3.8, 4) is 0 Å². The Morgan fingerprint density at radius 2 is 1.88 bits per heavy atom. The molecule has 1 aromatic carbocycles. The quantitative estimate of drug-likeness (QED) is 0.841. The molecule has 0 aliphatic heterocycles. The van der Waals surface area contributed by atoms with Crippen molar-refractivity contribution in [2.75, 3.05) is 4.72 Å². The largest absolute Gasteiger partial charge is 0.416 e. The Balaban J connectivity index is 3.20. The molecule has 0 fully saturated rings. The van der Waals surface area contributed by atoms with Crippen LogP contribution in [0.15, 0.2) is 18.2 Å². The molecular weight excluding hydrogens is 245 g/mol. The number of hydrogen-bond donors (Lipinski definition) is 2. The molecular formula is C8H9F3N2O2S. The van der Waals surface area contributed by atoms with Crippen LogP contribution in [0.2, 0.25) is 0 Å². The summed E-state index contributed by atoms with van der Waals surface area (Å²) in [6.45, 7) is 1.47. The average Bonchev–Trinajstić information content (AvgIpc) is 2.04. The van der Waals surface area contributed by atoms with Crippen LogP contribution in [0.4, 0.5) is 18.9 Å². The molecule has 0 aliphatic rings. The van der Waals surface area contributed by atoms with Gasteiger partial charge in [0, 0.05) is 0 Å². The number of rotatable bonds is 2. The van der Waals surface area contributed by atoms with Gasteiger partial charge in [-0.1, -0.05) is 6.07 Å². The number of benzene rings is 1. The maximum Gasteiger partial charge on any atom is 0.416 e. The van der Waals surface area contributed by atoms with Crippen LogP contribution in [0.3, 0.4) is 0 Å². The fourth-order valence-corrected chi connectivity index (χ4v) is 1.59. The van der Waals surface area contributed by atoms with Gasteiger partial charge in [-0.05, 0) is 24.6 Å².